The maximum atomic E-state index is 12.3. The highest BCUT2D eigenvalue weighted by molar-refractivity contribution is 7.17. The smallest absolute Gasteiger partial charge is 0.257 e. The number of hydrogen-bond donors (Lipinski definition) is 2. The summed E-state index contributed by atoms with van der Waals surface area (Å²) in [6.07, 6.45) is 0.594. The fraction of sp³-hybridized carbons (Fsp3) is 0.333. The molecule has 1 aromatic heterocycles. The third kappa shape index (κ3) is 3.93. The predicted molar refractivity (Wildman–Crippen MR) is 95.9 cm³/mol. The molecule has 2 amide bonds. The number of benzene rings is 1. The first kappa shape index (κ1) is 17.3. The highest BCUT2D eigenvalue weighted by Gasteiger charge is 2.33. The Kier molecular flexibility index (Phi) is 4.94. The van der Waals surface area contributed by atoms with Gasteiger partial charge in [-0.15, -0.1) is 0 Å². The van der Waals surface area contributed by atoms with Gasteiger partial charge in [-0.1, -0.05) is 29.5 Å². The molecule has 1 aliphatic carbocycles. The van der Waals surface area contributed by atoms with Gasteiger partial charge in [0.1, 0.15) is 0 Å². The number of ketones is 1. The van der Waals surface area contributed by atoms with Crippen LogP contribution in [0.25, 0.3) is 0 Å². The Bertz CT molecular complexity index is 814. The maximum Gasteiger partial charge on any atom is 0.257 e. The van der Waals surface area contributed by atoms with Gasteiger partial charge in [0.05, 0.1) is 16.5 Å². The number of Topliss-reactive ketones (excluding diaryl/α,β-unsaturated/α-hetero) is 1. The molecule has 0 aliphatic heterocycles. The van der Waals surface area contributed by atoms with E-state index in [0.29, 0.717) is 27.7 Å². The number of anilines is 1. The summed E-state index contributed by atoms with van der Waals surface area (Å²) < 4.78 is 0. The monoisotopic (exact) mass is 357 g/mol. The number of nitrogens with one attached hydrogen (secondary N) is 2. The number of aromatic nitrogens is 1. The van der Waals surface area contributed by atoms with Gasteiger partial charge >= 0.3 is 0 Å². The molecule has 7 heteroatoms. The summed E-state index contributed by atoms with van der Waals surface area (Å²) in [6.45, 7) is 3.77. The molecular formula is C18H19N3O3S. The van der Waals surface area contributed by atoms with Crippen LogP contribution in [0.15, 0.2) is 30.3 Å². The number of nitrogens with zero attached hydrogens (tertiary/aromatic N) is 1. The van der Waals surface area contributed by atoms with Gasteiger partial charge in [-0.25, -0.2) is 4.98 Å². The van der Waals surface area contributed by atoms with Crippen LogP contribution in [-0.2, 0) is 11.2 Å². The van der Waals surface area contributed by atoms with Gasteiger partial charge < -0.3 is 5.32 Å². The average molecular weight is 357 g/mol. The first-order valence-corrected chi connectivity index (χ1v) is 8.95. The molecule has 0 saturated carbocycles. The van der Waals surface area contributed by atoms with E-state index in [2.05, 4.69) is 15.6 Å². The minimum absolute atomic E-state index is 0.0279. The molecule has 0 radical (unpaired) electrons. The van der Waals surface area contributed by atoms with Crippen LogP contribution in [0, 0.1) is 5.92 Å². The Morgan fingerprint density at radius 3 is 2.60 bits per heavy atom. The van der Waals surface area contributed by atoms with Crippen molar-refractivity contribution < 1.29 is 14.4 Å². The number of hydrogen-bond acceptors (Lipinski definition) is 5. The number of carbonyl (C=O) groups excluding carboxylic acids is 3. The summed E-state index contributed by atoms with van der Waals surface area (Å²) in [7, 11) is 0. The number of thiazole rings is 1. The molecular weight excluding hydrogens is 338 g/mol. The summed E-state index contributed by atoms with van der Waals surface area (Å²) in [5, 5.41) is 5.95. The van der Waals surface area contributed by atoms with Crippen molar-refractivity contribution in [1.29, 1.82) is 0 Å². The minimum Gasteiger partial charge on any atom is -0.354 e. The molecule has 0 fully saturated rings. The number of amides is 2. The third-order valence-electron chi connectivity index (χ3n) is 3.88. The quantitative estimate of drug-likeness (QED) is 0.880. The molecule has 0 saturated heterocycles. The molecule has 25 heavy (non-hydrogen) atoms. The number of fused-ring (bicyclic) bond motifs is 1. The Hall–Kier alpha value is -2.54. The van der Waals surface area contributed by atoms with Crippen molar-refractivity contribution in [2.75, 3.05) is 5.32 Å². The second-order valence-electron chi connectivity index (χ2n) is 6.31. The zero-order valence-electron chi connectivity index (χ0n) is 14.0. The summed E-state index contributed by atoms with van der Waals surface area (Å²) in [5.74, 6) is -0.893. The van der Waals surface area contributed by atoms with E-state index in [0.717, 1.165) is 0 Å². The van der Waals surface area contributed by atoms with E-state index in [4.69, 9.17) is 0 Å². The van der Waals surface area contributed by atoms with E-state index in [1.165, 1.54) is 11.3 Å². The highest BCUT2D eigenvalue weighted by atomic mass is 32.1. The molecule has 0 bridgehead atoms. The van der Waals surface area contributed by atoms with Crippen molar-refractivity contribution in [3.63, 3.8) is 0 Å². The number of carbonyl (C=O) groups is 3. The second kappa shape index (κ2) is 7.14. The van der Waals surface area contributed by atoms with E-state index in [1.807, 2.05) is 19.9 Å². The van der Waals surface area contributed by atoms with Crippen LogP contribution in [0.5, 0.6) is 0 Å². The Balaban J connectivity index is 1.74. The SMILES string of the molecule is CC(C)NC(=O)[C@@H]1CC(=O)c2sc(NC(=O)c3ccccc3)nc2C1. The lowest BCUT2D eigenvalue weighted by Crippen LogP contribution is -2.39. The molecule has 0 spiro atoms. The van der Waals surface area contributed by atoms with Crippen LogP contribution >= 0.6 is 11.3 Å². The molecule has 1 aromatic carbocycles. The van der Waals surface area contributed by atoms with E-state index in [1.54, 1.807) is 24.3 Å². The molecule has 1 aliphatic rings. The summed E-state index contributed by atoms with van der Waals surface area (Å²) >= 11 is 1.17. The van der Waals surface area contributed by atoms with Crippen molar-refractivity contribution >= 4 is 34.1 Å². The lowest BCUT2D eigenvalue weighted by Gasteiger charge is -2.20. The second-order valence-corrected chi connectivity index (χ2v) is 7.31. The molecule has 2 N–H and O–H groups in total. The van der Waals surface area contributed by atoms with Crippen molar-refractivity contribution in [3.05, 3.63) is 46.5 Å². The van der Waals surface area contributed by atoms with E-state index >= 15 is 0 Å². The summed E-state index contributed by atoms with van der Waals surface area (Å²) in [5.41, 5.74) is 1.12. The third-order valence-corrected chi connectivity index (χ3v) is 4.93. The van der Waals surface area contributed by atoms with Crippen LogP contribution in [0.3, 0.4) is 0 Å². The van der Waals surface area contributed by atoms with Crippen LogP contribution < -0.4 is 10.6 Å². The maximum absolute atomic E-state index is 12.3. The molecule has 0 unspecified atom stereocenters. The average Bonchev–Trinajstić information content (AvgIpc) is 2.98. The zero-order valence-corrected chi connectivity index (χ0v) is 14.9. The van der Waals surface area contributed by atoms with Crippen LogP contribution in [0.1, 0.15) is 46.0 Å². The van der Waals surface area contributed by atoms with Crippen molar-refractivity contribution in [2.45, 2.75) is 32.7 Å². The molecule has 1 heterocycles. The largest absolute Gasteiger partial charge is 0.354 e. The van der Waals surface area contributed by atoms with Crippen LogP contribution in [0.2, 0.25) is 0 Å². The Morgan fingerprint density at radius 2 is 1.92 bits per heavy atom. The normalized spacial score (nSPS) is 16.4. The van der Waals surface area contributed by atoms with Gasteiger partial charge in [-0.05, 0) is 26.0 Å². The first-order chi connectivity index (χ1) is 11.9. The zero-order chi connectivity index (χ0) is 18.0. The Labute approximate surface area is 149 Å². The molecule has 1 atom stereocenters. The van der Waals surface area contributed by atoms with Crippen molar-refractivity contribution in [2.24, 2.45) is 5.92 Å². The van der Waals surface area contributed by atoms with Gasteiger partial charge in [-0.2, -0.15) is 0 Å². The van der Waals surface area contributed by atoms with Crippen LogP contribution in [-0.4, -0.2) is 28.6 Å². The lowest BCUT2D eigenvalue weighted by molar-refractivity contribution is -0.125. The summed E-state index contributed by atoms with van der Waals surface area (Å²) in [6, 6.07) is 8.84. The van der Waals surface area contributed by atoms with E-state index in [-0.39, 0.29) is 30.1 Å². The predicted octanol–water partition coefficient (Wildman–Crippen LogP) is 2.67. The van der Waals surface area contributed by atoms with Crippen LogP contribution in [0.4, 0.5) is 5.13 Å². The van der Waals surface area contributed by atoms with Gasteiger partial charge in [0.2, 0.25) is 5.91 Å². The standard InChI is InChI=1S/C18H19N3O3S/c1-10(2)19-17(24)12-8-13-15(14(22)9-12)25-18(20-13)21-16(23)11-6-4-3-5-7-11/h3-7,10,12H,8-9H2,1-2H3,(H,19,24)(H,20,21,23)/t12-/m0/s1. The fourth-order valence-corrected chi connectivity index (χ4v) is 3.67. The lowest BCUT2D eigenvalue weighted by atomic mass is 9.89. The van der Waals surface area contributed by atoms with Gasteiger partial charge in [-0.3, -0.25) is 19.7 Å². The molecule has 130 valence electrons. The fourth-order valence-electron chi connectivity index (χ4n) is 2.73. The van der Waals surface area contributed by atoms with Crippen molar-refractivity contribution in [3.8, 4) is 0 Å². The molecule has 2 aromatic rings. The Morgan fingerprint density at radius 1 is 1.20 bits per heavy atom. The van der Waals surface area contributed by atoms with Gasteiger partial charge in [0.15, 0.2) is 10.9 Å². The first-order valence-electron chi connectivity index (χ1n) is 8.13. The molecule has 3 rings (SSSR count). The van der Waals surface area contributed by atoms with E-state index in [9.17, 15) is 14.4 Å². The van der Waals surface area contributed by atoms with Gasteiger partial charge in [0.25, 0.3) is 5.91 Å². The highest BCUT2D eigenvalue weighted by Crippen LogP contribution is 2.32. The molecule has 6 nitrogen and oxygen atoms in total. The summed E-state index contributed by atoms with van der Waals surface area (Å²) in [4.78, 5) is 41.6. The van der Waals surface area contributed by atoms with E-state index < -0.39 is 5.92 Å². The van der Waals surface area contributed by atoms with Gasteiger partial charge in [0, 0.05) is 24.4 Å². The van der Waals surface area contributed by atoms with Crippen molar-refractivity contribution in [1.82, 2.24) is 10.3 Å². The number of rotatable bonds is 4. The topological polar surface area (TPSA) is 88.2 Å². The minimum atomic E-state index is -0.401.